The van der Waals surface area contributed by atoms with Gasteiger partial charge < -0.3 is 15.3 Å². The quantitative estimate of drug-likeness (QED) is 0.835. The van der Waals surface area contributed by atoms with Crippen LogP contribution in [0.1, 0.15) is 39.5 Å². The Morgan fingerprint density at radius 2 is 2.21 bits per heavy atom. The molecule has 2 unspecified atom stereocenters. The summed E-state index contributed by atoms with van der Waals surface area (Å²) in [6.45, 7) is 6.40. The highest BCUT2D eigenvalue weighted by Crippen LogP contribution is 2.37. The molecule has 5 heteroatoms. The molecule has 0 spiro atoms. The van der Waals surface area contributed by atoms with Crippen LogP contribution in [0, 0.1) is 5.92 Å². The molecule has 0 aliphatic carbocycles. The highest BCUT2D eigenvalue weighted by Gasteiger charge is 2.31. The number of nitrogens with one attached hydrogen (secondary N) is 1. The van der Waals surface area contributed by atoms with Gasteiger partial charge in [-0.1, -0.05) is 0 Å². The van der Waals surface area contributed by atoms with E-state index in [1.807, 2.05) is 23.6 Å². The number of likely N-dealkylation sites (tertiary alicyclic amines) is 1. The molecule has 2 rings (SSSR count). The lowest BCUT2D eigenvalue weighted by Crippen LogP contribution is -2.48. The lowest BCUT2D eigenvalue weighted by atomic mass is 9.92. The van der Waals surface area contributed by atoms with E-state index in [-0.39, 0.29) is 16.9 Å². The Bertz CT molecular complexity index is 309. The van der Waals surface area contributed by atoms with Crippen LogP contribution in [-0.2, 0) is 0 Å². The van der Waals surface area contributed by atoms with E-state index in [4.69, 9.17) is 0 Å². The van der Waals surface area contributed by atoms with Crippen molar-refractivity contribution in [3.63, 3.8) is 0 Å². The Labute approximate surface area is 120 Å². The third-order valence-corrected chi connectivity index (χ3v) is 5.96. The van der Waals surface area contributed by atoms with Gasteiger partial charge in [-0.3, -0.25) is 0 Å². The van der Waals surface area contributed by atoms with Crippen molar-refractivity contribution in [2.75, 3.05) is 25.4 Å². The van der Waals surface area contributed by atoms with Crippen molar-refractivity contribution < 1.29 is 9.90 Å². The standard InChI is InChI=1S/C14H26N2O2S/c1-11(17)12-4-7-16(8-5-12)13(18)15-10-14(2)6-3-9-19-14/h11-12,17H,3-10H2,1-2H3,(H,15,18). The molecule has 0 aromatic rings. The topological polar surface area (TPSA) is 52.6 Å². The van der Waals surface area contributed by atoms with Crippen LogP contribution in [0.2, 0.25) is 0 Å². The van der Waals surface area contributed by atoms with Gasteiger partial charge in [0.25, 0.3) is 0 Å². The maximum atomic E-state index is 12.1. The Morgan fingerprint density at radius 3 is 2.74 bits per heavy atom. The number of aliphatic hydroxyl groups excluding tert-OH is 1. The maximum absolute atomic E-state index is 12.1. The van der Waals surface area contributed by atoms with E-state index in [0.717, 1.165) is 32.5 Å². The van der Waals surface area contributed by atoms with Gasteiger partial charge in [-0.2, -0.15) is 11.8 Å². The van der Waals surface area contributed by atoms with Crippen molar-refractivity contribution in [1.82, 2.24) is 10.2 Å². The number of carbonyl (C=O) groups is 1. The molecule has 0 aromatic carbocycles. The highest BCUT2D eigenvalue weighted by molar-refractivity contribution is 8.00. The van der Waals surface area contributed by atoms with Gasteiger partial charge in [0.05, 0.1) is 6.10 Å². The SMILES string of the molecule is CC(O)C1CCN(C(=O)NCC2(C)CCCS2)CC1. The summed E-state index contributed by atoms with van der Waals surface area (Å²) in [5.74, 6) is 1.57. The lowest BCUT2D eigenvalue weighted by molar-refractivity contribution is 0.0797. The minimum Gasteiger partial charge on any atom is -0.393 e. The zero-order chi connectivity index (χ0) is 13.9. The van der Waals surface area contributed by atoms with Crippen LogP contribution in [0.15, 0.2) is 0 Å². The molecule has 2 aliphatic heterocycles. The highest BCUT2D eigenvalue weighted by atomic mass is 32.2. The first-order valence-electron chi connectivity index (χ1n) is 7.35. The lowest BCUT2D eigenvalue weighted by Gasteiger charge is -2.34. The van der Waals surface area contributed by atoms with E-state index in [1.54, 1.807) is 0 Å². The van der Waals surface area contributed by atoms with Crippen LogP contribution < -0.4 is 5.32 Å². The minimum atomic E-state index is -0.251. The van der Waals surface area contributed by atoms with Crippen molar-refractivity contribution in [1.29, 1.82) is 0 Å². The van der Waals surface area contributed by atoms with Gasteiger partial charge in [0.1, 0.15) is 0 Å². The average Bonchev–Trinajstić information content (AvgIpc) is 2.83. The molecule has 19 heavy (non-hydrogen) atoms. The summed E-state index contributed by atoms with van der Waals surface area (Å²) in [6, 6.07) is 0.0674. The summed E-state index contributed by atoms with van der Waals surface area (Å²) in [5.41, 5.74) is 0. The van der Waals surface area contributed by atoms with Gasteiger partial charge in [0.2, 0.25) is 0 Å². The number of carbonyl (C=O) groups excluding carboxylic acids is 1. The van der Waals surface area contributed by atoms with Crippen molar-refractivity contribution in [2.24, 2.45) is 5.92 Å². The second-order valence-corrected chi connectivity index (χ2v) is 7.81. The van der Waals surface area contributed by atoms with Crippen LogP contribution in [-0.4, -0.2) is 52.3 Å². The third kappa shape index (κ3) is 4.02. The second kappa shape index (κ2) is 6.35. The molecule has 2 heterocycles. The third-order valence-electron chi connectivity index (χ3n) is 4.42. The molecule has 4 nitrogen and oxygen atoms in total. The first-order valence-corrected chi connectivity index (χ1v) is 8.33. The Kier molecular flexibility index (Phi) is 5.01. The summed E-state index contributed by atoms with van der Waals surface area (Å²) >= 11 is 1.97. The van der Waals surface area contributed by atoms with Gasteiger partial charge in [-0.25, -0.2) is 4.79 Å². The molecule has 2 aliphatic rings. The van der Waals surface area contributed by atoms with Gasteiger partial charge >= 0.3 is 6.03 Å². The molecule has 0 saturated carbocycles. The van der Waals surface area contributed by atoms with Crippen LogP contribution in [0.3, 0.4) is 0 Å². The number of urea groups is 1. The van der Waals surface area contributed by atoms with Gasteiger partial charge in [0.15, 0.2) is 0 Å². The number of hydrogen-bond acceptors (Lipinski definition) is 3. The molecule has 0 bridgehead atoms. The average molecular weight is 286 g/mol. The number of rotatable bonds is 3. The minimum absolute atomic E-state index is 0.0674. The molecule has 0 aromatic heterocycles. The van der Waals surface area contributed by atoms with Crippen molar-refractivity contribution in [2.45, 2.75) is 50.4 Å². The van der Waals surface area contributed by atoms with Crippen molar-refractivity contribution in [3.05, 3.63) is 0 Å². The molecule has 2 saturated heterocycles. The number of amides is 2. The van der Waals surface area contributed by atoms with E-state index in [0.29, 0.717) is 5.92 Å². The summed E-state index contributed by atoms with van der Waals surface area (Å²) < 4.78 is 0.230. The van der Waals surface area contributed by atoms with Crippen molar-refractivity contribution in [3.8, 4) is 0 Å². The molecule has 2 N–H and O–H groups in total. The largest absolute Gasteiger partial charge is 0.393 e. The van der Waals surface area contributed by atoms with Crippen LogP contribution in [0.25, 0.3) is 0 Å². The fraction of sp³-hybridized carbons (Fsp3) is 0.929. The van der Waals surface area contributed by atoms with E-state index in [2.05, 4.69) is 12.2 Å². The smallest absolute Gasteiger partial charge is 0.317 e. The molecule has 2 amide bonds. The van der Waals surface area contributed by atoms with Crippen molar-refractivity contribution >= 4 is 17.8 Å². The number of thioether (sulfide) groups is 1. The molecule has 0 radical (unpaired) electrons. The number of hydrogen-bond donors (Lipinski definition) is 2. The first kappa shape index (κ1) is 15.0. The van der Waals surface area contributed by atoms with E-state index in [1.165, 1.54) is 18.6 Å². The normalized spacial score (nSPS) is 30.4. The Morgan fingerprint density at radius 1 is 1.53 bits per heavy atom. The molecular formula is C14H26N2O2S. The predicted octanol–water partition coefficient (Wildman–Crippen LogP) is 2.07. The van der Waals surface area contributed by atoms with Crippen LogP contribution in [0.4, 0.5) is 4.79 Å². The van der Waals surface area contributed by atoms with Gasteiger partial charge in [-0.05, 0) is 51.2 Å². The molecule has 2 fully saturated rings. The second-order valence-electron chi connectivity index (χ2n) is 6.13. The fourth-order valence-electron chi connectivity index (χ4n) is 2.94. The molecule has 110 valence electrons. The van der Waals surface area contributed by atoms with Crippen LogP contribution >= 0.6 is 11.8 Å². The zero-order valence-corrected chi connectivity index (χ0v) is 12.8. The first-order chi connectivity index (χ1) is 9.00. The number of piperidine rings is 1. The Balaban J connectivity index is 1.72. The fourth-order valence-corrected chi connectivity index (χ4v) is 4.18. The van der Waals surface area contributed by atoms with E-state index >= 15 is 0 Å². The Hall–Kier alpha value is -0.420. The summed E-state index contributed by atoms with van der Waals surface area (Å²) in [5, 5.41) is 12.6. The van der Waals surface area contributed by atoms with E-state index < -0.39 is 0 Å². The maximum Gasteiger partial charge on any atom is 0.317 e. The monoisotopic (exact) mass is 286 g/mol. The summed E-state index contributed by atoms with van der Waals surface area (Å²) in [7, 11) is 0. The van der Waals surface area contributed by atoms with E-state index in [9.17, 15) is 9.90 Å². The van der Waals surface area contributed by atoms with Gasteiger partial charge in [0, 0.05) is 24.4 Å². The molecular weight excluding hydrogens is 260 g/mol. The van der Waals surface area contributed by atoms with Gasteiger partial charge in [-0.15, -0.1) is 0 Å². The zero-order valence-electron chi connectivity index (χ0n) is 12.0. The number of aliphatic hydroxyl groups is 1. The van der Waals surface area contributed by atoms with Crippen LogP contribution in [0.5, 0.6) is 0 Å². The summed E-state index contributed by atoms with van der Waals surface area (Å²) in [6.07, 6.45) is 4.03. The predicted molar refractivity (Wildman–Crippen MR) is 79.5 cm³/mol. The molecule has 2 atom stereocenters. The summed E-state index contributed by atoms with van der Waals surface area (Å²) in [4.78, 5) is 14.0. The number of nitrogens with zero attached hydrogens (tertiary/aromatic N) is 1.